The standard InChI is InChI=1S/C9H16F3NO2S/c1-2-16(14,15)7-3-6-13-8(4-5-8)9(10,11)12/h13H,2-7H2,1H3. The fraction of sp³-hybridized carbons (Fsp3) is 1.00. The van der Waals surface area contributed by atoms with Crippen LogP contribution in [-0.4, -0.2) is 38.2 Å². The Morgan fingerprint density at radius 3 is 2.25 bits per heavy atom. The molecule has 3 nitrogen and oxygen atoms in total. The second-order valence-electron chi connectivity index (χ2n) is 4.10. The van der Waals surface area contributed by atoms with E-state index in [1.165, 1.54) is 6.92 Å². The molecule has 0 radical (unpaired) electrons. The Kier molecular flexibility index (Phi) is 3.89. The first-order valence-electron chi connectivity index (χ1n) is 5.25. The average molecular weight is 259 g/mol. The molecule has 0 heterocycles. The number of halogens is 3. The van der Waals surface area contributed by atoms with Crippen molar-refractivity contribution >= 4 is 9.84 Å². The first-order valence-corrected chi connectivity index (χ1v) is 7.07. The fourth-order valence-electron chi connectivity index (χ4n) is 1.45. The van der Waals surface area contributed by atoms with Crippen LogP contribution in [0.3, 0.4) is 0 Å². The molecule has 0 spiro atoms. The Balaban J connectivity index is 2.28. The van der Waals surface area contributed by atoms with Gasteiger partial charge in [0.25, 0.3) is 0 Å². The van der Waals surface area contributed by atoms with Crippen molar-refractivity contribution in [3.63, 3.8) is 0 Å². The summed E-state index contributed by atoms with van der Waals surface area (Å²) in [6, 6.07) is 0. The smallest absolute Gasteiger partial charge is 0.304 e. The summed E-state index contributed by atoms with van der Waals surface area (Å²) in [5.41, 5.74) is -1.73. The zero-order chi connectivity index (χ0) is 12.4. The SMILES string of the molecule is CCS(=O)(=O)CCCNC1(C(F)(F)F)CC1. The van der Waals surface area contributed by atoms with Crippen LogP contribution in [0.25, 0.3) is 0 Å². The average Bonchev–Trinajstić information content (AvgIpc) is 2.92. The normalized spacial score (nSPS) is 19.8. The minimum atomic E-state index is -4.23. The van der Waals surface area contributed by atoms with Crippen LogP contribution in [0.4, 0.5) is 13.2 Å². The molecule has 1 saturated carbocycles. The van der Waals surface area contributed by atoms with E-state index in [2.05, 4.69) is 5.32 Å². The highest BCUT2D eigenvalue weighted by Gasteiger charge is 2.62. The summed E-state index contributed by atoms with van der Waals surface area (Å²) in [6.07, 6.45) is -3.81. The van der Waals surface area contributed by atoms with Gasteiger partial charge in [0, 0.05) is 5.75 Å². The van der Waals surface area contributed by atoms with Gasteiger partial charge in [-0.15, -0.1) is 0 Å². The third-order valence-corrected chi connectivity index (χ3v) is 4.62. The topological polar surface area (TPSA) is 46.2 Å². The molecule has 1 fully saturated rings. The molecule has 0 aromatic rings. The van der Waals surface area contributed by atoms with Gasteiger partial charge in [0.15, 0.2) is 0 Å². The summed E-state index contributed by atoms with van der Waals surface area (Å²) in [6.45, 7) is 1.62. The highest BCUT2D eigenvalue weighted by Crippen LogP contribution is 2.48. The van der Waals surface area contributed by atoms with Gasteiger partial charge in [-0.3, -0.25) is 0 Å². The molecule has 0 aliphatic heterocycles. The molecule has 1 rings (SSSR count). The minimum absolute atomic E-state index is 0.0391. The number of hydrogen-bond acceptors (Lipinski definition) is 3. The third kappa shape index (κ3) is 3.35. The van der Waals surface area contributed by atoms with Crippen LogP contribution in [0.5, 0.6) is 0 Å². The molecular formula is C9H16F3NO2S. The van der Waals surface area contributed by atoms with E-state index >= 15 is 0 Å². The van der Waals surface area contributed by atoms with E-state index < -0.39 is 21.6 Å². The number of hydrogen-bond donors (Lipinski definition) is 1. The third-order valence-electron chi connectivity index (χ3n) is 2.83. The Bertz CT molecular complexity index is 333. The fourth-order valence-corrected chi connectivity index (χ4v) is 2.32. The number of rotatable bonds is 6. The lowest BCUT2D eigenvalue weighted by Gasteiger charge is -2.20. The summed E-state index contributed by atoms with van der Waals surface area (Å²) in [4.78, 5) is 0. The molecule has 1 N–H and O–H groups in total. The maximum Gasteiger partial charge on any atom is 0.406 e. The number of nitrogens with one attached hydrogen (secondary N) is 1. The number of alkyl halides is 3. The number of sulfone groups is 1. The predicted octanol–water partition coefficient (Wildman–Crippen LogP) is 1.50. The molecule has 1 aliphatic carbocycles. The maximum absolute atomic E-state index is 12.4. The molecule has 0 saturated heterocycles. The molecule has 0 amide bonds. The van der Waals surface area contributed by atoms with Gasteiger partial charge in [-0.25, -0.2) is 8.42 Å². The molecule has 0 bridgehead atoms. The minimum Gasteiger partial charge on any atom is -0.304 e. The second-order valence-corrected chi connectivity index (χ2v) is 6.57. The zero-order valence-electron chi connectivity index (χ0n) is 9.10. The van der Waals surface area contributed by atoms with Crippen molar-refractivity contribution in [2.45, 2.75) is 37.9 Å². The van der Waals surface area contributed by atoms with Gasteiger partial charge in [-0.1, -0.05) is 6.92 Å². The molecule has 7 heteroatoms. The lowest BCUT2D eigenvalue weighted by Crippen LogP contribution is -2.45. The van der Waals surface area contributed by atoms with E-state index in [-0.39, 0.29) is 37.3 Å². The van der Waals surface area contributed by atoms with Crippen LogP contribution in [0.2, 0.25) is 0 Å². The Labute approximate surface area is 93.3 Å². The van der Waals surface area contributed by atoms with Crippen molar-refractivity contribution in [3.8, 4) is 0 Å². The largest absolute Gasteiger partial charge is 0.406 e. The van der Waals surface area contributed by atoms with Crippen molar-refractivity contribution in [2.75, 3.05) is 18.1 Å². The molecule has 0 unspecified atom stereocenters. The molecule has 1 aliphatic rings. The Morgan fingerprint density at radius 1 is 1.31 bits per heavy atom. The van der Waals surface area contributed by atoms with Gasteiger partial charge in [0.2, 0.25) is 0 Å². The van der Waals surface area contributed by atoms with Crippen molar-refractivity contribution in [3.05, 3.63) is 0 Å². The van der Waals surface area contributed by atoms with Crippen LogP contribution in [-0.2, 0) is 9.84 Å². The molecule has 16 heavy (non-hydrogen) atoms. The summed E-state index contributed by atoms with van der Waals surface area (Å²) < 4.78 is 59.5. The van der Waals surface area contributed by atoms with Crippen LogP contribution in [0, 0.1) is 0 Å². The zero-order valence-corrected chi connectivity index (χ0v) is 9.92. The molecule has 96 valence electrons. The molecule has 0 aromatic carbocycles. The van der Waals surface area contributed by atoms with E-state index in [0.717, 1.165) is 0 Å². The maximum atomic E-state index is 12.4. The van der Waals surface area contributed by atoms with E-state index in [9.17, 15) is 21.6 Å². The van der Waals surface area contributed by atoms with Crippen LogP contribution >= 0.6 is 0 Å². The van der Waals surface area contributed by atoms with Gasteiger partial charge in [0.1, 0.15) is 15.4 Å². The van der Waals surface area contributed by atoms with Crippen molar-refractivity contribution in [1.29, 1.82) is 0 Å². The Morgan fingerprint density at radius 2 is 1.88 bits per heavy atom. The summed E-state index contributed by atoms with van der Waals surface area (Å²) in [7, 11) is -3.07. The first-order chi connectivity index (χ1) is 7.22. The van der Waals surface area contributed by atoms with Crippen molar-refractivity contribution in [1.82, 2.24) is 5.32 Å². The quantitative estimate of drug-likeness (QED) is 0.735. The monoisotopic (exact) mass is 259 g/mol. The van der Waals surface area contributed by atoms with E-state index in [0.29, 0.717) is 0 Å². The van der Waals surface area contributed by atoms with Crippen LogP contribution in [0.15, 0.2) is 0 Å². The van der Waals surface area contributed by atoms with Gasteiger partial charge in [0.05, 0.1) is 5.75 Å². The molecule has 0 aromatic heterocycles. The predicted molar refractivity (Wildman–Crippen MR) is 55.0 cm³/mol. The highest BCUT2D eigenvalue weighted by atomic mass is 32.2. The Hall–Kier alpha value is -0.300. The van der Waals surface area contributed by atoms with Crippen LogP contribution in [0.1, 0.15) is 26.2 Å². The van der Waals surface area contributed by atoms with Crippen LogP contribution < -0.4 is 5.32 Å². The molecule has 0 atom stereocenters. The summed E-state index contributed by atoms with van der Waals surface area (Å²) in [5, 5.41) is 2.42. The van der Waals surface area contributed by atoms with Crippen molar-refractivity contribution in [2.24, 2.45) is 0 Å². The van der Waals surface area contributed by atoms with E-state index in [4.69, 9.17) is 0 Å². The van der Waals surface area contributed by atoms with E-state index in [1.54, 1.807) is 0 Å². The van der Waals surface area contributed by atoms with Crippen molar-refractivity contribution < 1.29 is 21.6 Å². The first kappa shape index (κ1) is 13.8. The van der Waals surface area contributed by atoms with Gasteiger partial charge in [-0.2, -0.15) is 13.2 Å². The summed E-state index contributed by atoms with van der Waals surface area (Å²) in [5.74, 6) is -0.0121. The van der Waals surface area contributed by atoms with E-state index in [1.807, 2.05) is 0 Å². The highest BCUT2D eigenvalue weighted by molar-refractivity contribution is 7.91. The van der Waals surface area contributed by atoms with Gasteiger partial charge in [-0.05, 0) is 25.8 Å². The van der Waals surface area contributed by atoms with Gasteiger partial charge >= 0.3 is 6.18 Å². The van der Waals surface area contributed by atoms with Gasteiger partial charge < -0.3 is 5.32 Å². The molecular weight excluding hydrogens is 243 g/mol. The summed E-state index contributed by atoms with van der Waals surface area (Å²) >= 11 is 0. The lowest BCUT2D eigenvalue weighted by molar-refractivity contribution is -0.165. The second kappa shape index (κ2) is 4.52. The lowest BCUT2D eigenvalue weighted by atomic mass is 10.2.